The van der Waals surface area contributed by atoms with E-state index in [9.17, 15) is 26.4 Å². The molecule has 0 saturated heterocycles. The molecule has 0 atom stereocenters. The molecule has 29 heavy (non-hydrogen) atoms. The first-order valence-corrected chi connectivity index (χ1v) is 11.1. The van der Waals surface area contributed by atoms with Crippen LogP contribution in [-0.2, 0) is 27.8 Å². The first kappa shape index (κ1) is 21.8. The Hall–Kier alpha value is -1.87. The highest BCUT2D eigenvalue weighted by atomic mass is 32.2. The number of carbonyl (C=O) groups excluding carboxylic acids is 1. The molecule has 0 unspecified atom stereocenters. The number of benzene rings is 1. The van der Waals surface area contributed by atoms with Crippen molar-refractivity contribution in [3.8, 4) is 0 Å². The molecule has 1 heterocycles. The highest BCUT2D eigenvalue weighted by molar-refractivity contribution is 7.89. The van der Waals surface area contributed by atoms with Crippen molar-refractivity contribution in [3.05, 3.63) is 42.0 Å². The Morgan fingerprint density at radius 3 is 2.55 bits per heavy atom. The molecule has 1 N–H and O–H groups in total. The maximum Gasteiger partial charge on any atom is 0.471 e. The van der Waals surface area contributed by atoms with Crippen LogP contribution in [0.5, 0.6) is 0 Å². The summed E-state index contributed by atoms with van der Waals surface area (Å²) in [5.41, 5.74) is 1.06. The quantitative estimate of drug-likeness (QED) is 0.702. The molecule has 2 aliphatic rings. The van der Waals surface area contributed by atoms with Gasteiger partial charge in [0.05, 0.1) is 4.90 Å². The number of carbonyl (C=O) groups is 1. The Balaban J connectivity index is 1.76. The van der Waals surface area contributed by atoms with Gasteiger partial charge < -0.3 is 4.90 Å². The fraction of sp³-hybridized carbons (Fsp3) is 0.550. The van der Waals surface area contributed by atoms with E-state index in [1.165, 1.54) is 12.1 Å². The van der Waals surface area contributed by atoms with Gasteiger partial charge in [-0.1, -0.05) is 25.0 Å². The lowest BCUT2D eigenvalue weighted by molar-refractivity contribution is -0.186. The lowest BCUT2D eigenvalue weighted by Gasteiger charge is -2.30. The van der Waals surface area contributed by atoms with Crippen molar-refractivity contribution in [2.45, 2.75) is 56.1 Å². The molecule has 1 fully saturated rings. The molecule has 1 aliphatic heterocycles. The SMILES string of the molecule is C=CCC1(CNS(=O)(=O)c2ccc3c(c2)CN(C(=O)C(F)(F)F)CC3)CCCC1. The summed E-state index contributed by atoms with van der Waals surface area (Å²) in [6.45, 7) is 3.78. The summed E-state index contributed by atoms with van der Waals surface area (Å²) in [5, 5.41) is 0. The molecule has 0 radical (unpaired) electrons. The van der Waals surface area contributed by atoms with Gasteiger partial charge in [0.2, 0.25) is 10.0 Å². The van der Waals surface area contributed by atoms with Gasteiger partial charge in [0.1, 0.15) is 0 Å². The van der Waals surface area contributed by atoms with Gasteiger partial charge in [-0.25, -0.2) is 13.1 Å². The van der Waals surface area contributed by atoms with Gasteiger partial charge in [0.15, 0.2) is 0 Å². The van der Waals surface area contributed by atoms with Gasteiger partial charge in [-0.05, 0) is 54.4 Å². The van der Waals surface area contributed by atoms with E-state index < -0.39 is 22.1 Å². The van der Waals surface area contributed by atoms with Gasteiger partial charge >= 0.3 is 12.1 Å². The Morgan fingerprint density at radius 2 is 1.93 bits per heavy atom. The van der Waals surface area contributed by atoms with Crippen LogP contribution in [0.1, 0.15) is 43.2 Å². The summed E-state index contributed by atoms with van der Waals surface area (Å²) in [4.78, 5) is 12.2. The number of nitrogens with zero attached hydrogens (tertiary/aromatic N) is 1. The van der Waals surface area contributed by atoms with E-state index in [4.69, 9.17) is 0 Å². The molecule has 5 nitrogen and oxygen atoms in total. The number of hydrogen-bond acceptors (Lipinski definition) is 3. The third-order valence-electron chi connectivity index (χ3n) is 5.91. The number of allylic oxidation sites excluding steroid dienone is 1. The Morgan fingerprint density at radius 1 is 1.24 bits per heavy atom. The van der Waals surface area contributed by atoms with Crippen LogP contribution in [0.3, 0.4) is 0 Å². The topological polar surface area (TPSA) is 66.5 Å². The normalized spacial score (nSPS) is 19.1. The second-order valence-electron chi connectivity index (χ2n) is 7.93. The molecule has 1 amide bonds. The van der Waals surface area contributed by atoms with Gasteiger partial charge in [-0.2, -0.15) is 13.2 Å². The molecule has 0 bridgehead atoms. The highest BCUT2D eigenvalue weighted by Gasteiger charge is 2.43. The highest BCUT2D eigenvalue weighted by Crippen LogP contribution is 2.41. The van der Waals surface area contributed by atoms with Crippen molar-refractivity contribution in [1.82, 2.24) is 9.62 Å². The minimum atomic E-state index is -4.94. The minimum Gasteiger partial charge on any atom is -0.330 e. The number of fused-ring (bicyclic) bond motifs is 1. The van der Waals surface area contributed by atoms with Crippen LogP contribution < -0.4 is 4.72 Å². The molecular formula is C20H25F3N2O3S. The third kappa shape index (κ3) is 4.83. The maximum atomic E-state index is 12.8. The number of hydrogen-bond donors (Lipinski definition) is 1. The van der Waals surface area contributed by atoms with E-state index in [-0.39, 0.29) is 29.8 Å². The number of amides is 1. The summed E-state index contributed by atoms with van der Waals surface area (Å²) in [6.07, 6.45) is 1.82. The largest absolute Gasteiger partial charge is 0.471 e. The van der Waals surface area contributed by atoms with Gasteiger partial charge in [-0.15, -0.1) is 6.58 Å². The summed E-state index contributed by atoms with van der Waals surface area (Å²) >= 11 is 0. The maximum absolute atomic E-state index is 12.8. The van der Waals surface area contributed by atoms with Crippen LogP contribution in [0.4, 0.5) is 13.2 Å². The molecule has 9 heteroatoms. The van der Waals surface area contributed by atoms with Crippen LogP contribution in [0.15, 0.2) is 35.7 Å². The summed E-state index contributed by atoms with van der Waals surface area (Å²) in [6, 6.07) is 4.47. The minimum absolute atomic E-state index is 0.00399. The summed E-state index contributed by atoms with van der Waals surface area (Å²) in [7, 11) is -3.81. The Labute approximate surface area is 169 Å². The fourth-order valence-electron chi connectivity index (χ4n) is 4.27. The fourth-order valence-corrected chi connectivity index (χ4v) is 5.48. The van der Waals surface area contributed by atoms with Crippen molar-refractivity contribution >= 4 is 15.9 Å². The van der Waals surface area contributed by atoms with E-state index in [0.29, 0.717) is 17.0 Å². The van der Waals surface area contributed by atoms with E-state index in [1.807, 2.05) is 6.08 Å². The predicted molar refractivity (Wildman–Crippen MR) is 103 cm³/mol. The van der Waals surface area contributed by atoms with E-state index in [1.54, 1.807) is 6.07 Å². The molecular weight excluding hydrogens is 405 g/mol. The van der Waals surface area contributed by atoms with Crippen molar-refractivity contribution in [3.63, 3.8) is 0 Å². The lowest BCUT2D eigenvalue weighted by atomic mass is 9.83. The average molecular weight is 430 g/mol. The van der Waals surface area contributed by atoms with E-state index >= 15 is 0 Å². The second kappa shape index (κ2) is 8.10. The zero-order valence-electron chi connectivity index (χ0n) is 16.1. The molecule has 1 aromatic carbocycles. The molecule has 160 valence electrons. The van der Waals surface area contributed by atoms with Crippen LogP contribution in [0.2, 0.25) is 0 Å². The predicted octanol–water partition coefficient (Wildman–Crippen LogP) is 3.55. The molecule has 0 spiro atoms. The first-order chi connectivity index (χ1) is 13.6. The van der Waals surface area contributed by atoms with Crippen LogP contribution >= 0.6 is 0 Å². The van der Waals surface area contributed by atoms with Gasteiger partial charge in [0.25, 0.3) is 0 Å². The molecule has 1 saturated carbocycles. The zero-order chi connectivity index (χ0) is 21.3. The Bertz CT molecular complexity index is 891. The number of nitrogens with one attached hydrogen (secondary N) is 1. The number of halogens is 3. The number of sulfonamides is 1. The third-order valence-corrected chi connectivity index (χ3v) is 7.31. The molecule has 1 aliphatic carbocycles. The zero-order valence-corrected chi connectivity index (χ0v) is 16.9. The monoisotopic (exact) mass is 430 g/mol. The van der Waals surface area contributed by atoms with Gasteiger partial charge in [-0.3, -0.25) is 4.79 Å². The van der Waals surface area contributed by atoms with Crippen LogP contribution in [0, 0.1) is 5.41 Å². The number of alkyl halides is 3. The first-order valence-electron chi connectivity index (χ1n) is 9.65. The smallest absolute Gasteiger partial charge is 0.330 e. The lowest BCUT2D eigenvalue weighted by Crippen LogP contribution is -2.43. The van der Waals surface area contributed by atoms with Gasteiger partial charge in [0, 0.05) is 19.6 Å². The van der Waals surface area contributed by atoms with Crippen LogP contribution in [-0.4, -0.2) is 38.5 Å². The summed E-state index contributed by atoms with van der Waals surface area (Å²) < 4.78 is 66.4. The van der Waals surface area contributed by atoms with Crippen molar-refractivity contribution in [1.29, 1.82) is 0 Å². The second-order valence-corrected chi connectivity index (χ2v) is 9.70. The Kier molecular flexibility index (Phi) is 6.10. The van der Waals surface area contributed by atoms with E-state index in [2.05, 4.69) is 11.3 Å². The standard InChI is InChI=1S/C20H25F3N2O3S/c1-2-8-19(9-3-4-10-19)14-24-29(27,28)17-6-5-15-7-11-25(13-16(15)12-17)18(26)20(21,22)23/h2,5-6,12,24H,1,3-4,7-11,13-14H2. The van der Waals surface area contributed by atoms with E-state index in [0.717, 1.165) is 37.7 Å². The molecule has 1 aromatic rings. The summed E-state index contributed by atoms with van der Waals surface area (Å²) in [5.74, 6) is -1.90. The van der Waals surface area contributed by atoms with Crippen molar-refractivity contribution in [2.75, 3.05) is 13.1 Å². The van der Waals surface area contributed by atoms with Crippen LogP contribution in [0.25, 0.3) is 0 Å². The number of rotatable bonds is 6. The average Bonchev–Trinajstić information content (AvgIpc) is 3.13. The molecule has 0 aromatic heterocycles. The van der Waals surface area contributed by atoms with Crippen molar-refractivity contribution < 1.29 is 26.4 Å². The van der Waals surface area contributed by atoms with Crippen molar-refractivity contribution in [2.24, 2.45) is 5.41 Å². The molecule has 3 rings (SSSR count).